The van der Waals surface area contributed by atoms with Gasteiger partial charge in [0, 0.05) is 13.7 Å². The van der Waals surface area contributed by atoms with Gasteiger partial charge in [0.2, 0.25) is 0 Å². The molecule has 0 atom stereocenters. The Labute approximate surface area is 98.3 Å². The quantitative estimate of drug-likeness (QED) is 0.792. The lowest BCUT2D eigenvalue weighted by Gasteiger charge is -2.21. The van der Waals surface area contributed by atoms with E-state index in [1.165, 1.54) is 5.56 Å². The van der Waals surface area contributed by atoms with Gasteiger partial charge in [-0.05, 0) is 35.4 Å². The van der Waals surface area contributed by atoms with Crippen molar-refractivity contribution < 1.29 is 9.84 Å². The van der Waals surface area contributed by atoms with E-state index in [2.05, 4.69) is 26.8 Å². The summed E-state index contributed by atoms with van der Waals surface area (Å²) >= 11 is 0. The number of benzene rings is 1. The molecule has 0 aliphatic carbocycles. The molecule has 0 saturated heterocycles. The molecule has 2 nitrogen and oxygen atoms in total. The number of rotatable bonds is 4. The van der Waals surface area contributed by atoms with Gasteiger partial charge in [0.15, 0.2) is 0 Å². The van der Waals surface area contributed by atoms with Crippen molar-refractivity contribution in [3.63, 3.8) is 0 Å². The van der Waals surface area contributed by atoms with Crippen LogP contribution in [0.5, 0.6) is 5.75 Å². The first-order chi connectivity index (χ1) is 7.45. The van der Waals surface area contributed by atoms with E-state index in [1.807, 2.05) is 6.07 Å². The van der Waals surface area contributed by atoms with Gasteiger partial charge in [-0.15, -0.1) is 0 Å². The maximum absolute atomic E-state index is 9.82. The molecule has 0 bridgehead atoms. The first kappa shape index (κ1) is 13.0. The van der Waals surface area contributed by atoms with Crippen molar-refractivity contribution in [2.24, 2.45) is 0 Å². The van der Waals surface area contributed by atoms with E-state index in [-0.39, 0.29) is 5.41 Å². The molecule has 0 spiro atoms. The molecule has 0 heterocycles. The van der Waals surface area contributed by atoms with Crippen LogP contribution in [0.2, 0.25) is 0 Å². The van der Waals surface area contributed by atoms with E-state index in [4.69, 9.17) is 4.74 Å². The van der Waals surface area contributed by atoms with Crippen LogP contribution in [0.1, 0.15) is 38.3 Å². The highest BCUT2D eigenvalue weighted by atomic mass is 16.5. The number of aryl methyl sites for hydroxylation is 1. The van der Waals surface area contributed by atoms with Crippen LogP contribution in [-0.2, 0) is 16.6 Å². The van der Waals surface area contributed by atoms with Crippen LogP contribution >= 0.6 is 0 Å². The summed E-state index contributed by atoms with van der Waals surface area (Å²) in [6.45, 7) is 7.12. The zero-order chi connectivity index (χ0) is 12.2. The van der Waals surface area contributed by atoms with Gasteiger partial charge in [0.25, 0.3) is 0 Å². The topological polar surface area (TPSA) is 29.5 Å². The Bertz CT molecular complexity index is 337. The third-order valence-corrected chi connectivity index (χ3v) is 2.68. The Morgan fingerprint density at radius 1 is 1.25 bits per heavy atom. The van der Waals surface area contributed by atoms with Crippen LogP contribution in [0.15, 0.2) is 18.2 Å². The van der Waals surface area contributed by atoms with Gasteiger partial charge in [-0.25, -0.2) is 0 Å². The third-order valence-electron chi connectivity index (χ3n) is 2.68. The van der Waals surface area contributed by atoms with Crippen molar-refractivity contribution in [3.8, 4) is 5.75 Å². The number of phenols is 1. The fraction of sp³-hybridized carbons (Fsp3) is 0.571. The lowest BCUT2D eigenvalue weighted by molar-refractivity contribution is 0.195. The van der Waals surface area contributed by atoms with Crippen LogP contribution < -0.4 is 0 Å². The highest BCUT2D eigenvalue weighted by molar-refractivity contribution is 5.40. The van der Waals surface area contributed by atoms with Gasteiger partial charge in [-0.2, -0.15) is 0 Å². The molecule has 1 aromatic rings. The van der Waals surface area contributed by atoms with Crippen LogP contribution in [0.4, 0.5) is 0 Å². The average molecular weight is 222 g/mol. The van der Waals surface area contributed by atoms with Crippen LogP contribution in [0.25, 0.3) is 0 Å². The molecule has 1 rings (SSSR count). The van der Waals surface area contributed by atoms with Crippen LogP contribution in [-0.4, -0.2) is 18.8 Å². The maximum Gasteiger partial charge on any atom is 0.119 e. The normalized spacial score (nSPS) is 11.8. The average Bonchev–Trinajstić information content (AvgIpc) is 2.19. The molecule has 0 radical (unpaired) electrons. The second-order valence-corrected chi connectivity index (χ2v) is 5.20. The standard InChI is InChI=1S/C14H22O2/c1-14(2,3)12-10-11(6-5-9-16-4)7-8-13(12)15/h7-8,10,15H,5-6,9H2,1-4H3. The smallest absolute Gasteiger partial charge is 0.119 e. The number of aromatic hydroxyl groups is 1. The summed E-state index contributed by atoms with van der Waals surface area (Å²) in [5.74, 6) is 0.392. The summed E-state index contributed by atoms with van der Waals surface area (Å²) in [6, 6.07) is 5.88. The molecule has 1 aromatic carbocycles. The minimum atomic E-state index is -0.0125. The van der Waals surface area contributed by atoms with E-state index >= 15 is 0 Å². The van der Waals surface area contributed by atoms with E-state index in [1.54, 1.807) is 13.2 Å². The number of hydrogen-bond acceptors (Lipinski definition) is 2. The van der Waals surface area contributed by atoms with Crippen molar-refractivity contribution in [1.82, 2.24) is 0 Å². The lowest BCUT2D eigenvalue weighted by atomic mass is 9.85. The lowest BCUT2D eigenvalue weighted by Crippen LogP contribution is -2.11. The SMILES string of the molecule is COCCCc1ccc(O)c(C(C)(C)C)c1. The minimum Gasteiger partial charge on any atom is -0.508 e. The van der Waals surface area contributed by atoms with Crippen molar-refractivity contribution in [2.45, 2.75) is 39.0 Å². The summed E-state index contributed by atoms with van der Waals surface area (Å²) in [4.78, 5) is 0. The van der Waals surface area contributed by atoms with Gasteiger partial charge < -0.3 is 9.84 Å². The van der Waals surface area contributed by atoms with Crippen molar-refractivity contribution >= 4 is 0 Å². The minimum absolute atomic E-state index is 0.0125. The second-order valence-electron chi connectivity index (χ2n) is 5.20. The predicted octanol–water partition coefficient (Wildman–Crippen LogP) is 3.27. The van der Waals surface area contributed by atoms with E-state index in [0.717, 1.165) is 25.0 Å². The van der Waals surface area contributed by atoms with Gasteiger partial charge >= 0.3 is 0 Å². The summed E-state index contributed by atoms with van der Waals surface area (Å²) < 4.78 is 5.04. The molecular formula is C14H22O2. The molecule has 2 heteroatoms. The first-order valence-electron chi connectivity index (χ1n) is 5.76. The van der Waals surface area contributed by atoms with E-state index < -0.39 is 0 Å². The molecule has 0 saturated carbocycles. The van der Waals surface area contributed by atoms with Gasteiger partial charge in [0.1, 0.15) is 5.75 Å². The van der Waals surface area contributed by atoms with Gasteiger partial charge in [-0.3, -0.25) is 0 Å². The fourth-order valence-corrected chi connectivity index (χ4v) is 1.76. The maximum atomic E-state index is 9.82. The van der Waals surface area contributed by atoms with Crippen LogP contribution in [0, 0.1) is 0 Å². The molecule has 0 aliphatic rings. The summed E-state index contributed by atoms with van der Waals surface area (Å²) in [5.41, 5.74) is 2.27. The third kappa shape index (κ3) is 3.53. The number of phenolic OH excluding ortho intramolecular Hbond substituents is 1. The second kappa shape index (κ2) is 5.35. The highest BCUT2D eigenvalue weighted by Crippen LogP contribution is 2.31. The Morgan fingerprint density at radius 2 is 1.94 bits per heavy atom. The molecule has 16 heavy (non-hydrogen) atoms. The molecule has 0 aromatic heterocycles. The van der Waals surface area contributed by atoms with Crippen LogP contribution in [0.3, 0.4) is 0 Å². The van der Waals surface area contributed by atoms with Gasteiger partial charge in [-0.1, -0.05) is 32.9 Å². The highest BCUT2D eigenvalue weighted by Gasteiger charge is 2.18. The van der Waals surface area contributed by atoms with E-state index in [9.17, 15) is 5.11 Å². The number of hydrogen-bond donors (Lipinski definition) is 1. The van der Waals surface area contributed by atoms with Crippen molar-refractivity contribution in [2.75, 3.05) is 13.7 Å². The van der Waals surface area contributed by atoms with Crippen molar-refractivity contribution in [3.05, 3.63) is 29.3 Å². The van der Waals surface area contributed by atoms with Crippen molar-refractivity contribution in [1.29, 1.82) is 0 Å². The molecule has 1 N–H and O–H groups in total. The molecule has 0 fully saturated rings. The number of methoxy groups -OCH3 is 1. The number of ether oxygens (including phenoxy) is 1. The summed E-state index contributed by atoms with van der Waals surface area (Å²) in [7, 11) is 1.72. The predicted molar refractivity (Wildman–Crippen MR) is 67.0 cm³/mol. The zero-order valence-corrected chi connectivity index (χ0v) is 10.7. The van der Waals surface area contributed by atoms with E-state index in [0.29, 0.717) is 5.75 Å². The molecule has 0 unspecified atom stereocenters. The Morgan fingerprint density at radius 3 is 2.50 bits per heavy atom. The molecule has 0 amide bonds. The molecule has 90 valence electrons. The Kier molecular flexibility index (Phi) is 4.36. The largest absolute Gasteiger partial charge is 0.508 e. The Balaban J connectivity index is 2.82. The Hall–Kier alpha value is -1.02. The summed E-state index contributed by atoms with van der Waals surface area (Å²) in [6.07, 6.45) is 2.02. The van der Waals surface area contributed by atoms with Gasteiger partial charge in [0.05, 0.1) is 0 Å². The first-order valence-corrected chi connectivity index (χ1v) is 5.76. The zero-order valence-electron chi connectivity index (χ0n) is 10.7. The molecular weight excluding hydrogens is 200 g/mol. The monoisotopic (exact) mass is 222 g/mol. The summed E-state index contributed by atoms with van der Waals surface area (Å²) in [5, 5.41) is 9.82. The fourth-order valence-electron chi connectivity index (χ4n) is 1.76. The molecule has 0 aliphatic heterocycles.